The van der Waals surface area contributed by atoms with E-state index in [1.807, 2.05) is 30.3 Å². The molecule has 0 unspecified atom stereocenters. The molecule has 0 fully saturated rings. The first-order chi connectivity index (χ1) is 9.18. The molecule has 0 radical (unpaired) electrons. The normalized spacial score (nSPS) is 11.1. The lowest BCUT2D eigenvalue weighted by Gasteiger charge is -2.07. The molecule has 2 aromatic rings. The van der Waals surface area contributed by atoms with Crippen LogP contribution in [0.2, 0.25) is 0 Å². The molecule has 1 N–H and O–H groups in total. The Balaban J connectivity index is 2.50. The van der Waals surface area contributed by atoms with Crippen LogP contribution in [0.15, 0.2) is 59.8 Å². The predicted molar refractivity (Wildman–Crippen MR) is 72.0 cm³/mol. The third kappa shape index (κ3) is 3.19. The van der Waals surface area contributed by atoms with Crippen molar-refractivity contribution in [3.63, 3.8) is 0 Å². The van der Waals surface area contributed by atoms with Gasteiger partial charge in [-0.15, -0.1) is 0 Å². The average Bonchev–Trinajstić information content (AvgIpc) is 2.42. The average molecular weight is 255 g/mol. The van der Waals surface area contributed by atoms with Crippen molar-refractivity contribution in [2.45, 2.75) is 6.92 Å². The fraction of sp³-hybridized carbons (Fsp3) is 0.0667. The number of nitrogens with zero attached hydrogens (tertiary/aromatic N) is 1. The van der Waals surface area contributed by atoms with Gasteiger partial charge in [0.05, 0.1) is 0 Å². The summed E-state index contributed by atoms with van der Waals surface area (Å²) in [6.07, 6.45) is 0. The van der Waals surface area contributed by atoms with Gasteiger partial charge in [0.15, 0.2) is 0 Å². The second kappa shape index (κ2) is 5.82. The van der Waals surface area contributed by atoms with Crippen molar-refractivity contribution in [2.75, 3.05) is 0 Å². The molecular formula is C15H13NO3. The Morgan fingerprint density at radius 2 is 1.68 bits per heavy atom. The first-order valence-electron chi connectivity index (χ1n) is 5.78. The Hall–Kier alpha value is -2.62. The smallest absolute Gasteiger partial charge is 0.332 e. The summed E-state index contributed by atoms with van der Waals surface area (Å²) >= 11 is 0. The summed E-state index contributed by atoms with van der Waals surface area (Å²) in [6, 6.07) is 16.0. The fourth-order valence-electron chi connectivity index (χ4n) is 1.64. The van der Waals surface area contributed by atoms with E-state index >= 15 is 0 Å². The topological polar surface area (TPSA) is 58.9 Å². The Labute approximate surface area is 111 Å². The molecule has 0 spiro atoms. The highest BCUT2D eigenvalue weighted by atomic mass is 16.7. The van der Waals surface area contributed by atoms with Crippen LogP contribution in [0, 0.1) is 0 Å². The second-order valence-electron chi connectivity index (χ2n) is 3.91. The number of hydrogen-bond acceptors (Lipinski definition) is 4. The molecule has 0 saturated carbocycles. The van der Waals surface area contributed by atoms with E-state index < -0.39 is 5.97 Å². The summed E-state index contributed by atoms with van der Waals surface area (Å²) in [7, 11) is 0. The van der Waals surface area contributed by atoms with Crippen LogP contribution in [0.5, 0.6) is 5.75 Å². The lowest BCUT2D eigenvalue weighted by Crippen LogP contribution is -2.06. The minimum absolute atomic E-state index is 0.0808. The van der Waals surface area contributed by atoms with Crippen molar-refractivity contribution < 1.29 is 14.7 Å². The zero-order chi connectivity index (χ0) is 13.7. The van der Waals surface area contributed by atoms with E-state index in [9.17, 15) is 9.90 Å². The van der Waals surface area contributed by atoms with Crippen molar-refractivity contribution in [1.82, 2.24) is 0 Å². The standard InChI is InChI=1S/C15H13NO3/c1-11(17)19-16-15(12-7-3-2-4-8-12)13-9-5-6-10-14(13)18/h2-10,18H,1H3/b16-15+. The van der Waals surface area contributed by atoms with Gasteiger partial charge in [-0.3, -0.25) is 0 Å². The van der Waals surface area contributed by atoms with Gasteiger partial charge < -0.3 is 9.94 Å². The summed E-state index contributed by atoms with van der Waals surface area (Å²) in [5, 5.41) is 13.7. The molecule has 4 heteroatoms. The van der Waals surface area contributed by atoms with Gasteiger partial charge in [0, 0.05) is 18.1 Å². The molecule has 0 aliphatic rings. The number of carbonyl (C=O) groups is 1. The van der Waals surface area contributed by atoms with Gasteiger partial charge in [-0.2, -0.15) is 0 Å². The summed E-state index contributed by atoms with van der Waals surface area (Å²) in [5.74, 6) is -0.430. The third-order valence-corrected chi connectivity index (χ3v) is 2.47. The van der Waals surface area contributed by atoms with Gasteiger partial charge in [0.2, 0.25) is 0 Å². The quantitative estimate of drug-likeness (QED) is 0.521. The molecule has 0 aliphatic heterocycles. The minimum Gasteiger partial charge on any atom is -0.507 e. The van der Waals surface area contributed by atoms with Gasteiger partial charge >= 0.3 is 5.97 Å². The van der Waals surface area contributed by atoms with Crippen LogP contribution >= 0.6 is 0 Å². The third-order valence-electron chi connectivity index (χ3n) is 2.47. The maximum Gasteiger partial charge on any atom is 0.332 e. The van der Waals surface area contributed by atoms with Crippen molar-refractivity contribution >= 4 is 11.7 Å². The van der Waals surface area contributed by atoms with Crippen LogP contribution in [-0.2, 0) is 9.63 Å². The Morgan fingerprint density at radius 1 is 1.05 bits per heavy atom. The van der Waals surface area contributed by atoms with E-state index in [-0.39, 0.29) is 5.75 Å². The number of rotatable bonds is 3. The SMILES string of the molecule is CC(=O)O/N=C(\c1ccccc1)c1ccccc1O. The summed E-state index contributed by atoms with van der Waals surface area (Å²) < 4.78 is 0. The first-order valence-corrected chi connectivity index (χ1v) is 5.78. The van der Waals surface area contributed by atoms with E-state index in [4.69, 9.17) is 4.84 Å². The zero-order valence-corrected chi connectivity index (χ0v) is 10.4. The van der Waals surface area contributed by atoms with E-state index in [0.717, 1.165) is 5.56 Å². The number of para-hydroxylation sites is 1. The number of aromatic hydroxyl groups is 1. The molecule has 96 valence electrons. The zero-order valence-electron chi connectivity index (χ0n) is 10.4. The molecule has 0 saturated heterocycles. The first kappa shape index (κ1) is 12.8. The summed E-state index contributed by atoms with van der Waals surface area (Å²) in [4.78, 5) is 15.6. The van der Waals surface area contributed by atoms with Gasteiger partial charge in [0.25, 0.3) is 0 Å². The maximum absolute atomic E-state index is 10.9. The summed E-state index contributed by atoms with van der Waals surface area (Å²) in [6.45, 7) is 1.27. The van der Waals surface area contributed by atoms with Gasteiger partial charge in [-0.25, -0.2) is 4.79 Å². The molecule has 0 aliphatic carbocycles. The van der Waals surface area contributed by atoms with E-state index in [1.54, 1.807) is 24.3 Å². The maximum atomic E-state index is 10.9. The van der Waals surface area contributed by atoms with Crippen molar-refractivity contribution in [1.29, 1.82) is 0 Å². The fourth-order valence-corrected chi connectivity index (χ4v) is 1.64. The van der Waals surface area contributed by atoms with Crippen LogP contribution in [0.25, 0.3) is 0 Å². The van der Waals surface area contributed by atoms with Crippen molar-refractivity contribution in [2.24, 2.45) is 5.16 Å². The summed E-state index contributed by atoms with van der Waals surface area (Å²) in [5.41, 5.74) is 1.68. The minimum atomic E-state index is -0.510. The molecule has 0 bridgehead atoms. The van der Waals surface area contributed by atoms with Crippen LogP contribution in [-0.4, -0.2) is 16.8 Å². The largest absolute Gasteiger partial charge is 0.507 e. The lowest BCUT2D eigenvalue weighted by atomic mass is 10.0. The van der Waals surface area contributed by atoms with Crippen molar-refractivity contribution in [3.05, 3.63) is 65.7 Å². The lowest BCUT2D eigenvalue weighted by molar-refractivity contribution is -0.140. The van der Waals surface area contributed by atoms with E-state index in [1.165, 1.54) is 6.92 Å². The van der Waals surface area contributed by atoms with E-state index in [2.05, 4.69) is 5.16 Å². The number of carbonyl (C=O) groups excluding carboxylic acids is 1. The molecule has 19 heavy (non-hydrogen) atoms. The predicted octanol–water partition coefficient (Wildman–Crippen LogP) is 2.71. The van der Waals surface area contributed by atoms with Crippen molar-refractivity contribution in [3.8, 4) is 5.75 Å². The molecule has 0 aromatic heterocycles. The van der Waals surface area contributed by atoms with Crippen LogP contribution in [0.4, 0.5) is 0 Å². The van der Waals surface area contributed by atoms with Gasteiger partial charge in [-0.05, 0) is 12.1 Å². The Bertz CT molecular complexity index is 606. The highest BCUT2D eigenvalue weighted by Crippen LogP contribution is 2.20. The number of phenols is 1. The van der Waals surface area contributed by atoms with Gasteiger partial charge in [0.1, 0.15) is 11.5 Å². The highest BCUT2D eigenvalue weighted by molar-refractivity contribution is 6.14. The Kier molecular flexibility index (Phi) is 3.93. The molecule has 0 amide bonds. The monoisotopic (exact) mass is 255 g/mol. The molecule has 2 aromatic carbocycles. The molecule has 0 atom stereocenters. The molecular weight excluding hydrogens is 242 g/mol. The number of benzene rings is 2. The molecule has 4 nitrogen and oxygen atoms in total. The number of oxime groups is 1. The number of hydrogen-bond donors (Lipinski definition) is 1. The Morgan fingerprint density at radius 3 is 2.32 bits per heavy atom. The molecule has 2 rings (SSSR count). The van der Waals surface area contributed by atoms with Gasteiger partial charge in [-0.1, -0.05) is 47.6 Å². The molecule has 0 heterocycles. The van der Waals surface area contributed by atoms with Crippen LogP contribution in [0.1, 0.15) is 18.1 Å². The van der Waals surface area contributed by atoms with Crippen LogP contribution in [0.3, 0.4) is 0 Å². The second-order valence-corrected chi connectivity index (χ2v) is 3.91. The van der Waals surface area contributed by atoms with Crippen LogP contribution < -0.4 is 0 Å². The highest BCUT2D eigenvalue weighted by Gasteiger charge is 2.12. The van der Waals surface area contributed by atoms with E-state index in [0.29, 0.717) is 11.3 Å². The number of phenolic OH excluding ortho intramolecular Hbond substituents is 1.